The van der Waals surface area contributed by atoms with E-state index in [0.717, 1.165) is 13.1 Å². The van der Waals surface area contributed by atoms with Crippen molar-refractivity contribution in [2.75, 3.05) is 27.2 Å². The Morgan fingerprint density at radius 1 is 1.25 bits per heavy atom. The van der Waals surface area contributed by atoms with Gasteiger partial charge in [0.2, 0.25) is 0 Å². The summed E-state index contributed by atoms with van der Waals surface area (Å²) in [6.45, 7) is 6.57. The number of likely N-dealkylation sites (N-methyl/N-ethyl adjacent to an activating group) is 2. The second kappa shape index (κ2) is 6.66. The lowest BCUT2D eigenvalue weighted by molar-refractivity contribution is 0.297. The molecular formula is C14H24N2. The summed E-state index contributed by atoms with van der Waals surface area (Å²) in [7, 11) is 4.21. The molecule has 1 N–H and O–H groups in total. The predicted octanol–water partition coefficient (Wildman–Crippen LogP) is 2.60. The monoisotopic (exact) mass is 220 g/mol. The molecule has 2 heteroatoms. The molecule has 0 fully saturated rings. The van der Waals surface area contributed by atoms with Crippen molar-refractivity contribution >= 4 is 0 Å². The number of hydrogen-bond donors (Lipinski definition) is 1. The fraction of sp³-hybridized carbons (Fsp3) is 0.571. The molecule has 1 atom stereocenters. The van der Waals surface area contributed by atoms with E-state index in [0.29, 0.717) is 6.04 Å². The molecule has 0 amide bonds. The standard InChI is InChI=1S/C14H24N2/c1-5-10-16(4)11-14(15-3)13-8-6-12(2)7-9-13/h6-9,14-15H,5,10-11H2,1-4H3. The summed E-state index contributed by atoms with van der Waals surface area (Å²) in [5, 5.41) is 3.39. The first kappa shape index (κ1) is 13.2. The van der Waals surface area contributed by atoms with Gasteiger partial charge in [-0.15, -0.1) is 0 Å². The minimum Gasteiger partial charge on any atom is -0.312 e. The van der Waals surface area contributed by atoms with Gasteiger partial charge in [-0.05, 0) is 39.5 Å². The molecule has 0 aliphatic heterocycles. The third-order valence-corrected chi connectivity index (χ3v) is 2.93. The van der Waals surface area contributed by atoms with Crippen LogP contribution in [-0.4, -0.2) is 32.1 Å². The van der Waals surface area contributed by atoms with E-state index in [1.54, 1.807) is 0 Å². The molecule has 0 aromatic heterocycles. The zero-order chi connectivity index (χ0) is 12.0. The van der Waals surface area contributed by atoms with E-state index in [9.17, 15) is 0 Å². The summed E-state index contributed by atoms with van der Waals surface area (Å²) in [5.74, 6) is 0. The van der Waals surface area contributed by atoms with Crippen LogP contribution in [0, 0.1) is 6.92 Å². The van der Waals surface area contributed by atoms with Crippen molar-refractivity contribution in [3.63, 3.8) is 0 Å². The zero-order valence-electron chi connectivity index (χ0n) is 11.0. The normalized spacial score (nSPS) is 13.1. The summed E-state index contributed by atoms with van der Waals surface area (Å²) >= 11 is 0. The first-order valence-corrected chi connectivity index (χ1v) is 6.09. The van der Waals surface area contributed by atoms with Crippen molar-refractivity contribution in [3.05, 3.63) is 35.4 Å². The second-order valence-corrected chi connectivity index (χ2v) is 4.51. The largest absolute Gasteiger partial charge is 0.312 e. The van der Waals surface area contributed by atoms with Gasteiger partial charge in [-0.2, -0.15) is 0 Å². The molecule has 0 saturated carbocycles. The molecule has 0 bridgehead atoms. The van der Waals surface area contributed by atoms with Crippen LogP contribution in [0.3, 0.4) is 0 Å². The smallest absolute Gasteiger partial charge is 0.0446 e. The predicted molar refractivity (Wildman–Crippen MR) is 70.8 cm³/mol. The van der Waals surface area contributed by atoms with Crippen molar-refractivity contribution in [1.82, 2.24) is 10.2 Å². The van der Waals surface area contributed by atoms with Crippen molar-refractivity contribution < 1.29 is 0 Å². The van der Waals surface area contributed by atoms with E-state index in [1.807, 2.05) is 7.05 Å². The lowest BCUT2D eigenvalue weighted by atomic mass is 10.0. The number of nitrogens with zero attached hydrogens (tertiary/aromatic N) is 1. The van der Waals surface area contributed by atoms with Crippen molar-refractivity contribution in [1.29, 1.82) is 0 Å². The van der Waals surface area contributed by atoms with Gasteiger partial charge in [-0.1, -0.05) is 36.8 Å². The number of aryl methyl sites for hydroxylation is 1. The van der Waals surface area contributed by atoms with Gasteiger partial charge in [0.1, 0.15) is 0 Å². The molecule has 1 unspecified atom stereocenters. The molecule has 16 heavy (non-hydrogen) atoms. The Morgan fingerprint density at radius 2 is 1.88 bits per heavy atom. The van der Waals surface area contributed by atoms with Gasteiger partial charge in [0.15, 0.2) is 0 Å². The van der Waals surface area contributed by atoms with Crippen molar-refractivity contribution in [2.24, 2.45) is 0 Å². The molecule has 2 nitrogen and oxygen atoms in total. The lowest BCUT2D eigenvalue weighted by Gasteiger charge is -2.23. The molecule has 0 saturated heterocycles. The topological polar surface area (TPSA) is 15.3 Å². The summed E-state index contributed by atoms with van der Waals surface area (Å²) in [6, 6.07) is 9.23. The maximum Gasteiger partial charge on any atom is 0.0446 e. The number of hydrogen-bond acceptors (Lipinski definition) is 2. The summed E-state index contributed by atoms with van der Waals surface area (Å²) < 4.78 is 0. The van der Waals surface area contributed by atoms with E-state index in [1.165, 1.54) is 17.5 Å². The van der Waals surface area contributed by atoms with E-state index in [-0.39, 0.29) is 0 Å². The minimum atomic E-state index is 0.428. The quantitative estimate of drug-likeness (QED) is 0.792. The Balaban J connectivity index is 2.63. The average Bonchev–Trinajstić information content (AvgIpc) is 2.27. The lowest BCUT2D eigenvalue weighted by Crippen LogP contribution is -2.31. The summed E-state index contributed by atoms with van der Waals surface area (Å²) in [6.07, 6.45) is 1.21. The highest BCUT2D eigenvalue weighted by Crippen LogP contribution is 2.14. The third kappa shape index (κ3) is 3.95. The van der Waals surface area contributed by atoms with Crippen LogP contribution in [0.5, 0.6) is 0 Å². The van der Waals surface area contributed by atoms with Crippen LogP contribution in [0.4, 0.5) is 0 Å². The minimum absolute atomic E-state index is 0.428. The van der Waals surface area contributed by atoms with Gasteiger partial charge in [-0.25, -0.2) is 0 Å². The summed E-state index contributed by atoms with van der Waals surface area (Å²) in [5.41, 5.74) is 2.69. The molecule has 1 aromatic carbocycles. The van der Waals surface area contributed by atoms with Crippen LogP contribution in [0.15, 0.2) is 24.3 Å². The Hall–Kier alpha value is -0.860. The molecule has 0 heterocycles. The van der Waals surface area contributed by atoms with Gasteiger partial charge in [0.25, 0.3) is 0 Å². The highest BCUT2D eigenvalue weighted by molar-refractivity contribution is 5.24. The molecule has 0 aliphatic carbocycles. The average molecular weight is 220 g/mol. The molecule has 1 rings (SSSR count). The number of nitrogens with one attached hydrogen (secondary N) is 1. The molecule has 0 spiro atoms. The Morgan fingerprint density at radius 3 is 2.38 bits per heavy atom. The fourth-order valence-corrected chi connectivity index (χ4v) is 1.95. The first-order chi connectivity index (χ1) is 7.67. The number of rotatable bonds is 6. The van der Waals surface area contributed by atoms with Crippen molar-refractivity contribution in [3.8, 4) is 0 Å². The SMILES string of the molecule is CCCN(C)CC(NC)c1ccc(C)cc1. The van der Waals surface area contributed by atoms with Gasteiger partial charge >= 0.3 is 0 Å². The van der Waals surface area contributed by atoms with E-state index in [4.69, 9.17) is 0 Å². The van der Waals surface area contributed by atoms with Crippen LogP contribution < -0.4 is 5.32 Å². The third-order valence-electron chi connectivity index (χ3n) is 2.93. The molecule has 1 aromatic rings. The molecule has 90 valence electrons. The fourth-order valence-electron chi connectivity index (χ4n) is 1.95. The highest BCUT2D eigenvalue weighted by Gasteiger charge is 2.10. The van der Waals surface area contributed by atoms with Gasteiger partial charge in [0, 0.05) is 12.6 Å². The van der Waals surface area contributed by atoms with Gasteiger partial charge in [0.05, 0.1) is 0 Å². The Labute approximate surface area is 99.7 Å². The maximum absolute atomic E-state index is 3.39. The van der Waals surface area contributed by atoms with Crippen LogP contribution in [0.2, 0.25) is 0 Å². The van der Waals surface area contributed by atoms with Crippen LogP contribution >= 0.6 is 0 Å². The van der Waals surface area contributed by atoms with E-state index in [2.05, 4.69) is 55.4 Å². The Kier molecular flexibility index (Phi) is 5.50. The number of benzene rings is 1. The highest BCUT2D eigenvalue weighted by atomic mass is 15.1. The van der Waals surface area contributed by atoms with Gasteiger partial charge in [-0.3, -0.25) is 0 Å². The Bertz CT molecular complexity index is 292. The van der Waals surface area contributed by atoms with Crippen LogP contribution in [0.1, 0.15) is 30.5 Å². The summed E-state index contributed by atoms with van der Waals surface area (Å²) in [4.78, 5) is 2.38. The molecular weight excluding hydrogens is 196 g/mol. The molecule has 0 radical (unpaired) electrons. The van der Waals surface area contributed by atoms with Gasteiger partial charge < -0.3 is 10.2 Å². The van der Waals surface area contributed by atoms with E-state index < -0.39 is 0 Å². The zero-order valence-corrected chi connectivity index (χ0v) is 11.0. The van der Waals surface area contributed by atoms with Crippen LogP contribution in [-0.2, 0) is 0 Å². The van der Waals surface area contributed by atoms with Crippen molar-refractivity contribution in [2.45, 2.75) is 26.3 Å². The van der Waals surface area contributed by atoms with Crippen LogP contribution in [0.25, 0.3) is 0 Å². The maximum atomic E-state index is 3.39. The van der Waals surface area contributed by atoms with E-state index >= 15 is 0 Å². The second-order valence-electron chi connectivity index (χ2n) is 4.51. The molecule has 0 aliphatic rings. The first-order valence-electron chi connectivity index (χ1n) is 6.09.